The van der Waals surface area contributed by atoms with E-state index in [0.29, 0.717) is 31.6 Å². The minimum absolute atomic E-state index is 0.0984. The van der Waals surface area contributed by atoms with E-state index in [0.717, 1.165) is 0 Å². The highest BCUT2D eigenvalue weighted by Crippen LogP contribution is 2.24. The maximum Gasteiger partial charge on any atom is 0.240 e. The Morgan fingerprint density at radius 3 is 2.07 bits per heavy atom. The van der Waals surface area contributed by atoms with Crippen LogP contribution in [-0.4, -0.2) is 44.3 Å². The Labute approximate surface area is 167 Å². The third-order valence-electron chi connectivity index (χ3n) is 4.62. The largest absolute Gasteiger partial charge is 0.342 e. The summed E-state index contributed by atoms with van der Waals surface area (Å²) in [6.45, 7) is 10.4. The molecule has 2 amide bonds. The summed E-state index contributed by atoms with van der Waals surface area (Å²) in [4.78, 5) is 26.8. The Bertz CT molecular complexity index is 803. The average Bonchev–Trinajstić information content (AvgIpc) is 2.60. The molecule has 8 heteroatoms. The number of piperidine rings is 1. The van der Waals surface area contributed by atoms with Crippen LogP contribution >= 0.6 is 0 Å². The number of carbonyl (C=O) groups is 2. The first kappa shape index (κ1) is 22.4. The van der Waals surface area contributed by atoms with E-state index in [-0.39, 0.29) is 28.7 Å². The van der Waals surface area contributed by atoms with Gasteiger partial charge in [0, 0.05) is 36.2 Å². The number of amides is 2. The molecule has 1 fully saturated rings. The van der Waals surface area contributed by atoms with E-state index in [1.165, 1.54) is 12.1 Å². The van der Waals surface area contributed by atoms with Crippen LogP contribution in [0.5, 0.6) is 0 Å². The summed E-state index contributed by atoms with van der Waals surface area (Å²) in [6.07, 6.45) is 1.25. The molecule has 7 nitrogen and oxygen atoms in total. The zero-order valence-electron chi connectivity index (χ0n) is 17.3. The normalized spacial score (nSPS) is 16.3. The summed E-state index contributed by atoms with van der Waals surface area (Å²) >= 11 is 0. The van der Waals surface area contributed by atoms with Gasteiger partial charge in [0.05, 0.1) is 4.90 Å². The van der Waals surface area contributed by atoms with Crippen LogP contribution in [0.3, 0.4) is 0 Å². The van der Waals surface area contributed by atoms with Crippen molar-refractivity contribution in [1.29, 1.82) is 0 Å². The summed E-state index contributed by atoms with van der Waals surface area (Å²) in [5.74, 6) is -0.146. The molecule has 1 aliphatic rings. The number of rotatable bonds is 5. The molecule has 156 valence electrons. The number of sulfonamides is 1. The fourth-order valence-corrected chi connectivity index (χ4v) is 4.41. The molecule has 1 aliphatic heterocycles. The molecule has 1 heterocycles. The standard InChI is InChI=1S/C20H31N3O4S/c1-14(2)22-28(26,27)17-8-6-16(7-9-17)21-18(24)15-10-12-23(13-11-15)19(25)20(3,4)5/h6-9,14-15,22H,10-13H2,1-5H3,(H,21,24). The Hall–Kier alpha value is -1.93. The van der Waals surface area contributed by atoms with Crippen molar-refractivity contribution in [2.24, 2.45) is 11.3 Å². The lowest BCUT2D eigenvalue weighted by molar-refractivity contribution is -0.142. The van der Waals surface area contributed by atoms with Crippen molar-refractivity contribution in [3.05, 3.63) is 24.3 Å². The van der Waals surface area contributed by atoms with E-state index in [9.17, 15) is 18.0 Å². The SMILES string of the molecule is CC(C)NS(=O)(=O)c1ccc(NC(=O)C2CCN(C(=O)C(C)(C)C)CC2)cc1. The van der Waals surface area contributed by atoms with Crippen LogP contribution in [-0.2, 0) is 19.6 Å². The predicted octanol–water partition coefficient (Wildman–Crippen LogP) is 2.60. The first-order valence-corrected chi connectivity index (χ1v) is 11.1. The highest BCUT2D eigenvalue weighted by molar-refractivity contribution is 7.89. The van der Waals surface area contributed by atoms with Crippen LogP contribution in [0.15, 0.2) is 29.2 Å². The van der Waals surface area contributed by atoms with Gasteiger partial charge in [-0.25, -0.2) is 13.1 Å². The lowest BCUT2D eigenvalue weighted by atomic mass is 9.90. The van der Waals surface area contributed by atoms with E-state index >= 15 is 0 Å². The molecule has 0 radical (unpaired) electrons. The lowest BCUT2D eigenvalue weighted by Crippen LogP contribution is -2.45. The number of carbonyl (C=O) groups excluding carboxylic acids is 2. The second-order valence-electron chi connectivity index (χ2n) is 8.61. The van der Waals surface area contributed by atoms with Gasteiger partial charge < -0.3 is 10.2 Å². The molecule has 0 bridgehead atoms. The maximum absolute atomic E-state index is 12.5. The molecule has 0 aromatic heterocycles. The lowest BCUT2D eigenvalue weighted by Gasteiger charge is -2.35. The Balaban J connectivity index is 1.93. The van der Waals surface area contributed by atoms with Crippen molar-refractivity contribution in [3.8, 4) is 0 Å². The molecule has 2 rings (SSSR count). The Morgan fingerprint density at radius 1 is 1.07 bits per heavy atom. The molecular formula is C20H31N3O4S. The van der Waals surface area contributed by atoms with Crippen molar-refractivity contribution in [3.63, 3.8) is 0 Å². The number of nitrogens with one attached hydrogen (secondary N) is 2. The average molecular weight is 410 g/mol. The first-order valence-electron chi connectivity index (χ1n) is 9.63. The Morgan fingerprint density at radius 2 is 1.61 bits per heavy atom. The Kier molecular flexibility index (Phi) is 6.88. The fourth-order valence-electron chi connectivity index (χ4n) is 3.16. The minimum Gasteiger partial charge on any atom is -0.342 e. The van der Waals surface area contributed by atoms with Crippen molar-refractivity contribution < 1.29 is 18.0 Å². The molecular weight excluding hydrogens is 378 g/mol. The molecule has 1 aromatic carbocycles. The second-order valence-corrected chi connectivity index (χ2v) is 10.3. The molecule has 0 saturated carbocycles. The molecule has 2 N–H and O–H groups in total. The van der Waals surface area contributed by atoms with Crippen molar-refractivity contribution in [1.82, 2.24) is 9.62 Å². The highest BCUT2D eigenvalue weighted by atomic mass is 32.2. The van der Waals surface area contributed by atoms with Crippen LogP contribution in [0.4, 0.5) is 5.69 Å². The molecule has 1 saturated heterocycles. The van der Waals surface area contributed by atoms with Gasteiger partial charge in [-0.1, -0.05) is 20.8 Å². The van der Waals surface area contributed by atoms with E-state index in [2.05, 4.69) is 10.0 Å². The highest BCUT2D eigenvalue weighted by Gasteiger charge is 2.32. The van der Waals surface area contributed by atoms with E-state index in [1.54, 1.807) is 26.0 Å². The van der Waals surface area contributed by atoms with Gasteiger partial charge in [0.1, 0.15) is 0 Å². The molecule has 0 spiro atoms. The summed E-state index contributed by atoms with van der Waals surface area (Å²) in [5.41, 5.74) is 0.142. The number of benzene rings is 1. The van der Waals surface area contributed by atoms with Crippen LogP contribution in [0.1, 0.15) is 47.5 Å². The van der Waals surface area contributed by atoms with Gasteiger partial charge in [0.15, 0.2) is 0 Å². The number of nitrogens with zero attached hydrogens (tertiary/aromatic N) is 1. The smallest absolute Gasteiger partial charge is 0.240 e. The first-order chi connectivity index (χ1) is 12.9. The van der Waals surface area contributed by atoms with Gasteiger partial charge in [-0.3, -0.25) is 9.59 Å². The second kappa shape index (κ2) is 8.61. The third-order valence-corrected chi connectivity index (χ3v) is 6.29. The maximum atomic E-state index is 12.5. The van der Waals surface area contributed by atoms with E-state index in [4.69, 9.17) is 0 Å². The number of anilines is 1. The number of likely N-dealkylation sites (tertiary alicyclic amines) is 1. The quantitative estimate of drug-likeness (QED) is 0.781. The third kappa shape index (κ3) is 5.78. The molecule has 0 atom stereocenters. The molecule has 1 aromatic rings. The van der Waals surface area contributed by atoms with Gasteiger partial charge in [0.2, 0.25) is 21.8 Å². The molecule has 0 unspecified atom stereocenters. The van der Waals surface area contributed by atoms with Gasteiger partial charge in [-0.2, -0.15) is 0 Å². The van der Waals surface area contributed by atoms with E-state index in [1.807, 2.05) is 25.7 Å². The number of hydrogen-bond acceptors (Lipinski definition) is 4. The van der Waals surface area contributed by atoms with Gasteiger partial charge in [-0.05, 0) is 51.0 Å². The zero-order valence-corrected chi connectivity index (χ0v) is 18.1. The van der Waals surface area contributed by atoms with Crippen LogP contribution in [0.25, 0.3) is 0 Å². The van der Waals surface area contributed by atoms with Crippen LogP contribution in [0, 0.1) is 11.3 Å². The van der Waals surface area contributed by atoms with Crippen LogP contribution < -0.4 is 10.0 Å². The van der Waals surface area contributed by atoms with E-state index < -0.39 is 15.4 Å². The number of hydrogen-bond donors (Lipinski definition) is 2. The van der Waals surface area contributed by atoms with Gasteiger partial charge in [-0.15, -0.1) is 0 Å². The van der Waals surface area contributed by atoms with Gasteiger partial charge >= 0.3 is 0 Å². The molecule has 28 heavy (non-hydrogen) atoms. The molecule has 0 aliphatic carbocycles. The van der Waals surface area contributed by atoms with Crippen molar-refractivity contribution in [2.75, 3.05) is 18.4 Å². The monoisotopic (exact) mass is 409 g/mol. The predicted molar refractivity (Wildman–Crippen MR) is 109 cm³/mol. The van der Waals surface area contributed by atoms with Crippen molar-refractivity contribution >= 4 is 27.5 Å². The zero-order chi connectivity index (χ0) is 21.1. The fraction of sp³-hybridized carbons (Fsp3) is 0.600. The summed E-state index contributed by atoms with van der Waals surface area (Å²) in [5, 5.41) is 2.85. The van der Waals surface area contributed by atoms with Gasteiger partial charge in [0.25, 0.3) is 0 Å². The van der Waals surface area contributed by atoms with Crippen molar-refractivity contribution in [2.45, 2.75) is 58.4 Å². The summed E-state index contributed by atoms with van der Waals surface area (Å²) < 4.78 is 26.8. The minimum atomic E-state index is -3.55. The van der Waals surface area contributed by atoms with Crippen LogP contribution in [0.2, 0.25) is 0 Å². The summed E-state index contributed by atoms with van der Waals surface area (Å²) in [6, 6.07) is 5.94. The summed E-state index contributed by atoms with van der Waals surface area (Å²) in [7, 11) is -3.55. The topological polar surface area (TPSA) is 95.6 Å².